The maximum atomic E-state index is 12.6. The van der Waals surface area contributed by atoms with Crippen LogP contribution in [0.2, 0.25) is 0 Å². The third-order valence-electron chi connectivity index (χ3n) is 3.66. The highest BCUT2D eigenvalue weighted by atomic mass is 127. The Kier molecular flexibility index (Phi) is 9.40. The van der Waals surface area contributed by atoms with Crippen molar-refractivity contribution >= 4 is 29.9 Å². The number of phenolic OH excluding ortho intramolecular Hbond substituents is 1. The van der Waals surface area contributed by atoms with Crippen molar-refractivity contribution in [3.05, 3.63) is 65.2 Å². The lowest BCUT2D eigenvalue weighted by Crippen LogP contribution is -2.38. The van der Waals surface area contributed by atoms with Crippen LogP contribution in [-0.4, -0.2) is 24.2 Å². The second-order valence-electron chi connectivity index (χ2n) is 5.74. The molecule has 0 heterocycles. The number of nitrogens with one attached hydrogen (secondary N) is 2. The highest BCUT2D eigenvalue weighted by Gasteiger charge is 2.29. The summed E-state index contributed by atoms with van der Waals surface area (Å²) in [6, 6.07) is 12.0. The average molecular weight is 493 g/mol. The van der Waals surface area contributed by atoms with Gasteiger partial charge in [-0.25, -0.2) is 4.99 Å². The minimum Gasteiger partial charge on any atom is -0.508 e. The summed E-state index contributed by atoms with van der Waals surface area (Å²) >= 11 is 0. The predicted molar refractivity (Wildman–Crippen MR) is 111 cm³/mol. The Balaban J connectivity index is 0.00000364. The number of rotatable bonds is 6. The van der Waals surface area contributed by atoms with Crippen LogP contribution in [-0.2, 0) is 19.1 Å². The fourth-order valence-electron chi connectivity index (χ4n) is 2.35. The first kappa shape index (κ1) is 23.1. The first-order valence-corrected chi connectivity index (χ1v) is 8.34. The molecule has 2 aromatic carbocycles. The molecule has 0 spiro atoms. The molecule has 0 aliphatic rings. The van der Waals surface area contributed by atoms with Gasteiger partial charge in [0.05, 0.1) is 12.1 Å². The molecule has 0 saturated heterocycles. The summed E-state index contributed by atoms with van der Waals surface area (Å²) in [5, 5.41) is 15.7. The molecule has 8 heteroatoms. The van der Waals surface area contributed by atoms with Gasteiger partial charge in [-0.1, -0.05) is 24.3 Å². The van der Waals surface area contributed by atoms with Gasteiger partial charge in [-0.15, -0.1) is 24.0 Å². The molecule has 2 rings (SSSR count). The number of halogens is 4. The molecule has 3 N–H and O–H groups in total. The molecule has 0 aromatic heterocycles. The first-order chi connectivity index (χ1) is 12.4. The van der Waals surface area contributed by atoms with Gasteiger partial charge >= 0.3 is 6.18 Å². The van der Waals surface area contributed by atoms with Crippen molar-refractivity contribution < 1.29 is 18.3 Å². The summed E-state index contributed by atoms with van der Waals surface area (Å²) < 4.78 is 37.7. The quantitative estimate of drug-likeness (QED) is 0.319. The molecule has 0 fully saturated rings. The molecule has 0 radical (unpaired) electrons. The van der Waals surface area contributed by atoms with Crippen LogP contribution in [0.25, 0.3) is 0 Å². The third-order valence-corrected chi connectivity index (χ3v) is 3.66. The lowest BCUT2D eigenvalue weighted by molar-refractivity contribution is -0.137. The van der Waals surface area contributed by atoms with Crippen molar-refractivity contribution in [2.45, 2.75) is 26.1 Å². The number of benzene rings is 2. The molecule has 0 atom stereocenters. The normalized spacial score (nSPS) is 11.6. The van der Waals surface area contributed by atoms with Crippen LogP contribution in [0.5, 0.6) is 5.75 Å². The zero-order chi connectivity index (χ0) is 19.0. The van der Waals surface area contributed by atoms with Gasteiger partial charge in [0.15, 0.2) is 5.96 Å². The van der Waals surface area contributed by atoms with Crippen molar-refractivity contribution in [1.82, 2.24) is 10.6 Å². The Morgan fingerprint density at radius 1 is 1.04 bits per heavy atom. The van der Waals surface area contributed by atoms with E-state index in [9.17, 15) is 18.3 Å². The Bertz CT molecular complexity index is 734. The fraction of sp³-hybridized carbons (Fsp3) is 0.316. The van der Waals surface area contributed by atoms with Crippen molar-refractivity contribution in [3.63, 3.8) is 0 Å². The van der Waals surface area contributed by atoms with Crippen LogP contribution < -0.4 is 10.6 Å². The Morgan fingerprint density at radius 3 is 2.33 bits per heavy atom. The summed E-state index contributed by atoms with van der Waals surface area (Å²) in [5.74, 6) is 0.818. The highest BCUT2D eigenvalue weighted by Crippen LogP contribution is 2.29. The minimum atomic E-state index is -4.33. The SMILES string of the molecule is CCNC(=NCc1ccc(C(F)(F)F)cc1)NCCc1cccc(O)c1.I. The fourth-order valence-corrected chi connectivity index (χ4v) is 2.35. The maximum Gasteiger partial charge on any atom is 0.416 e. The molecule has 0 aliphatic heterocycles. The molecule has 0 saturated carbocycles. The molecular formula is C19H23F3IN3O. The third kappa shape index (κ3) is 8.06. The minimum absolute atomic E-state index is 0. The van der Waals surface area contributed by atoms with Crippen molar-refractivity contribution in [3.8, 4) is 5.75 Å². The summed E-state index contributed by atoms with van der Waals surface area (Å²) in [6.07, 6.45) is -3.62. The molecule has 2 aromatic rings. The lowest BCUT2D eigenvalue weighted by atomic mass is 10.1. The standard InChI is InChI=1S/C19H22F3N3O.HI/c1-2-23-18(24-11-10-14-4-3-5-17(26)12-14)25-13-15-6-8-16(9-7-15)19(20,21)22;/h3-9,12,26H,2,10-11,13H2,1H3,(H2,23,24,25);1H. The number of guanidine groups is 1. The number of hydrogen-bond acceptors (Lipinski definition) is 2. The zero-order valence-corrected chi connectivity index (χ0v) is 17.2. The van der Waals surface area contributed by atoms with Crippen LogP contribution in [0.4, 0.5) is 13.2 Å². The summed E-state index contributed by atoms with van der Waals surface area (Å²) in [7, 11) is 0. The van der Waals surface area contributed by atoms with Crippen molar-refractivity contribution in [2.75, 3.05) is 13.1 Å². The predicted octanol–water partition coefficient (Wildman–Crippen LogP) is 4.33. The van der Waals surface area contributed by atoms with Gasteiger partial charge in [0.1, 0.15) is 5.75 Å². The zero-order valence-electron chi connectivity index (χ0n) is 14.9. The smallest absolute Gasteiger partial charge is 0.416 e. The van der Waals surface area contributed by atoms with E-state index >= 15 is 0 Å². The van der Waals surface area contributed by atoms with Crippen LogP contribution in [0.1, 0.15) is 23.6 Å². The number of alkyl halides is 3. The van der Waals surface area contributed by atoms with Gasteiger partial charge in [-0.3, -0.25) is 0 Å². The Hall–Kier alpha value is -1.97. The van der Waals surface area contributed by atoms with E-state index < -0.39 is 11.7 Å². The van der Waals surface area contributed by atoms with E-state index in [2.05, 4.69) is 15.6 Å². The molecule has 27 heavy (non-hydrogen) atoms. The van der Waals surface area contributed by atoms with Gasteiger partial charge in [0.2, 0.25) is 0 Å². The number of aliphatic imine (C=N–C) groups is 1. The highest BCUT2D eigenvalue weighted by molar-refractivity contribution is 14.0. The number of aromatic hydroxyl groups is 1. The van der Waals surface area contributed by atoms with Gasteiger partial charge in [-0.2, -0.15) is 13.2 Å². The van der Waals surface area contributed by atoms with Crippen LogP contribution in [0, 0.1) is 0 Å². The van der Waals surface area contributed by atoms with E-state index in [1.165, 1.54) is 12.1 Å². The van der Waals surface area contributed by atoms with E-state index in [1.54, 1.807) is 18.2 Å². The second kappa shape index (κ2) is 11.0. The summed E-state index contributed by atoms with van der Waals surface area (Å²) in [6.45, 7) is 3.50. The summed E-state index contributed by atoms with van der Waals surface area (Å²) in [5.41, 5.74) is 1.03. The lowest BCUT2D eigenvalue weighted by Gasteiger charge is -2.12. The average Bonchev–Trinajstić information content (AvgIpc) is 2.59. The largest absolute Gasteiger partial charge is 0.508 e. The van der Waals surface area contributed by atoms with Gasteiger partial charge < -0.3 is 15.7 Å². The number of nitrogens with zero attached hydrogens (tertiary/aromatic N) is 1. The maximum absolute atomic E-state index is 12.6. The van der Waals surface area contributed by atoms with Gasteiger partial charge in [0, 0.05) is 13.1 Å². The first-order valence-electron chi connectivity index (χ1n) is 8.34. The van der Waals surface area contributed by atoms with E-state index in [-0.39, 0.29) is 36.3 Å². The molecular weight excluding hydrogens is 470 g/mol. The number of hydrogen-bond donors (Lipinski definition) is 3. The van der Waals surface area contributed by atoms with Gasteiger partial charge in [-0.05, 0) is 48.7 Å². The molecule has 0 amide bonds. The Labute approximate surface area is 173 Å². The van der Waals surface area contributed by atoms with Crippen LogP contribution >= 0.6 is 24.0 Å². The Morgan fingerprint density at radius 2 is 1.74 bits per heavy atom. The monoisotopic (exact) mass is 493 g/mol. The van der Waals surface area contributed by atoms with E-state index in [0.29, 0.717) is 31.0 Å². The molecule has 4 nitrogen and oxygen atoms in total. The van der Waals surface area contributed by atoms with Crippen molar-refractivity contribution in [1.29, 1.82) is 0 Å². The molecule has 0 unspecified atom stereocenters. The van der Waals surface area contributed by atoms with Crippen LogP contribution in [0.3, 0.4) is 0 Å². The van der Waals surface area contributed by atoms with Crippen molar-refractivity contribution in [2.24, 2.45) is 4.99 Å². The summed E-state index contributed by atoms with van der Waals surface area (Å²) in [4.78, 5) is 4.39. The van der Waals surface area contributed by atoms with E-state index in [4.69, 9.17) is 0 Å². The second-order valence-corrected chi connectivity index (χ2v) is 5.74. The molecule has 148 valence electrons. The van der Waals surface area contributed by atoms with E-state index in [0.717, 1.165) is 17.7 Å². The van der Waals surface area contributed by atoms with Gasteiger partial charge in [0.25, 0.3) is 0 Å². The molecule has 0 bridgehead atoms. The number of phenols is 1. The molecule has 0 aliphatic carbocycles. The topological polar surface area (TPSA) is 56.7 Å². The van der Waals surface area contributed by atoms with E-state index in [1.807, 2.05) is 13.0 Å². The van der Waals surface area contributed by atoms with Crippen LogP contribution in [0.15, 0.2) is 53.5 Å².